The van der Waals surface area contributed by atoms with Gasteiger partial charge in [-0.2, -0.15) is 0 Å². The number of anilines is 1. The van der Waals surface area contributed by atoms with Gasteiger partial charge in [-0.15, -0.1) is 0 Å². The monoisotopic (exact) mass is 615 g/mol. The maximum Gasteiger partial charge on any atom is 0.336 e. The van der Waals surface area contributed by atoms with Gasteiger partial charge in [0.05, 0.1) is 16.6 Å². The van der Waals surface area contributed by atoms with Crippen LogP contribution in [-0.4, -0.2) is 32.8 Å². The molecule has 0 saturated heterocycles. The van der Waals surface area contributed by atoms with Crippen LogP contribution in [0.2, 0.25) is 0 Å². The number of unbranched alkanes of at least 4 members (excludes halogenated alkanes) is 1. The van der Waals surface area contributed by atoms with Crippen molar-refractivity contribution in [2.45, 2.75) is 58.4 Å². The van der Waals surface area contributed by atoms with Crippen LogP contribution in [0.25, 0.3) is 22.2 Å². The molecule has 4 aromatic rings. The van der Waals surface area contributed by atoms with E-state index >= 15 is 0 Å². The Morgan fingerprint density at radius 2 is 1.85 bits per heavy atom. The van der Waals surface area contributed by atoms with Crippen molar-refractivity contribution < 1.29 is 19.5 Å². The van der Waals surface area contributed by atoms with Gasteiger partial charge in [0.25, 0.3) is 0 Å². The lowest BCUT2D eigenvalue weighted by molar-refractivity contribution is -0.126. The Morgan fingerprint density at radius 3 is 2.59 bits per heavy atom. The number of carbonyl (C=O) groups excluding carboxylic acids is 2. The first kappa shape index (κ1) is 28.7. The topological polar surface area (TPSA) is 101 Å². The molecule has 0 radical (unpaired) electrons. The maximum absolute atomic E-state index is 13.1. The van der Waals surface area contributed by atoms with Gasteiger partial charge in [0, 0.05) is 35.0 Å². The van der Waals surface area contributed by atoms with Crippen LogP contribution < -0.4 is 5.32 Å². The van der Waals surface area contributed by atoms with E-state index in [1.165, 1.54) is 0 Å². The SMILES string of the molecule is CCCCc1nc2ccc(NC(=O)[C@@H]3CCCC[C@@H]3C=O)cc2n1Cc1ccc(-c2ccc(Br)cc2C(=O)O)cc1. The van der Waals surface area contributed by atoms with Gasteiger partial charge >= 0.3 is 5.97 Å². The summed E-state index contributed by atoms with van der Waals surface area (Å²) in [6.07, 6.45) is 7.31. The van der Waals surface area contributed by atoms with E-state index in [-0.39, 0.29) is 23.3 Å². The minimum Gasteiger partial charge on any atom is -0.478 e. The third-order valence-corrected chi connectivity index (χ3v) is 8.49. The second-order valence-corrected chi connectivity index (χ2v) is 11.7. The fraction of sp³-hybridized carbons (Fsp3) is 0.333. The molecule has 8 heteroatoms. The fourth-order valence-electron chi connectivity index (χ4n) is 5.75. The summed E-state index contributed by atoms with van der Waals surface area (Å²) in [4.78, 5) is 41.4. The highest BCUT2D eigenvalue weighted by Crippen LogP contribution is 2.31. The van der Waals surface area contributed by atoms with Crippen LogP contribution in [0, 0.1) is 11.8 Å². The summed E-state index contributed by atoms with van der Waals surface area (Å²) >= 11 is 3.36. The van der Waals surface area contributed by atoms with Crippen molar-refractivity contribution in [3.05, 3.63) is 82.1 Å². The number of fused-ring (bicyclic) bond motifs is 1. The first-order valence-electron chi connectivity index (χ1n) is 14.3. The van der Waals surface area contributed by atoms with Gasteiger partial charge in [-0.3, -0.25) is 4.79 Å². The van der Waals surface area contributed by atoms with Crippen LogP contribution >= 0.6 is 15.9 Å². The summed E-state index contributed by atoms with van der Waals surface area (Å²) in [7, 11) is 0. The predicted molar refractivity (Wildman–Crippen MR) is 164 cm³/mol. The van der Waals surface area contributed by atoms with Crippen LogP contribution in [0.3, 0.4) is 0 Å². The van der Waals surface area contributed by atoms with Crippen LogP contribution in [0.15, 0.2) is 65.1 Å². The highest BCUT2D eigenvalue weighted by Gasteiger charge is 2.30. The number of nitrogens with zero attached hydrogens (tertiary/aromatic N) is 2. The summed E-state index contributed by atoms with van der Waals surface area (Å²) < 4.78 is 2.92. The summed E-state index contributed by atoms with van der Waals surface area (Å²) in [6.45, 7) is 2.75. The van der Waals surface area contributed by atoms with E-state index in [4.69, 9.17) is 4.98 Å². The Balaban J connectivity index is 1.43. The number of carboxylic acid groups (broad SMARTS) is 1. The molecule has 0 aliphatic heterocycles. The molecule has 1 aliphatic rings. The molecule has 0 spiro atoms. The standard InChI is InChI=1S/C33H34BrN3O4/c1-2-3-8-31-36-29-16-14-25(35-32(39)27-7-5-4-6-23(27)20-38)18-30(29)37(31)19-21-9-11-22(12-10-21)26-15-13-24(34)17-28(26)33(40)41/h9-18,20,23,27H,2-8,19H2,1H3,(H,35,39)(H,40,41)/t23-,27-/m1/s1. The van der Waals surface area contributed by atoms with Crippen molar-refractivity contribution in [1.82, 2.24) is 9.55 Å². The lowest BCUT2D eigenvalue weighted by Gasteiger charge is -2.26. The summed E-state index contributed by atoms with van der Waals surface area (Å²) in [5.74, 6) is -0.575. The summed E-state index contributed by atoms with van der Waals surface area (Å²) in [6, 6.07) is 19.0. The van der Waals surface area contributed by atoms with Gasteiger partial charge in [-0.1, -0.05) is 72.4 Å². The Kier molecular flexibility index (Phi) is 8.98. The maximum atomic E-state index is 13.1. The second-order valence-electron chi connectivity index (χ2n) is 10.8. The number of benzene rings is 3. The smallest absolute Gasteiger partial charge is 0.336 e. The molecule has 1 saturated carbocycles. The van der Waals surface area contributed by atoms with Crippen molar-refractivity contribution in [1.29, 1.82) is 0 Å². The number of hydrogen-bond donors (Lipinski definition) is 2. The van der Waals surface area contributed by atoms with E-state index in [2.05, 4.69) is 32.7 Å². The Morgan fingerprint density at radius 1 is 1.07 bits per heavy atom. The van der Waals surface area contributed by atoms with Crippen molar-refractivity contribution in [2.24, 2.45) is 11.8 Å². The molecular formula is C33H34BrN3O4. The van der Waals surface area contributed by atoms with E-state index < -0.39 is 5.97 Å². The molecule has 41 heavy (non-hydrogen) atoms. The number of rotatable bonds is 10. The molecule has 0 unspecified atom stereocenters. The average molecular weight is 617 g/mol. The van der Waals surface area contributed by atoms with Gasteiger partial charge in [0.15, 0.2) is 0 Å². The molecule has 3 aromatic carbocycles. The first-order valence-corrected chi connectivity index (χ1v) is 15.0. The average Bonchev–Trinajstić information content (AvgIpc) is 3.32. The van der Waals surface area contributed by atoms with Crippen molar-refractivity contribution in [2.75, 3.05) is 5.32 Å². The van der Waals surface area contributed by atoms with E-state index in [0.29, 0.717) is 17.8 Å². The molecule has 1 heterocycles. The minimum absolute atomic E-state index is 0.0947. The summed E-state index contributed by atoms with van der Waals surface area (Å²) in [5.41, 5.74) is 5.32. The number of amides is 1. The number of aromatic nitrogens is 2. The van der Waals surface area contributed by atoms with Crippen LogP contribution in [0.4, 0.5) is 5.69 Å². The number of carboxylic acids is 1. The summed E-state index contributed by atoms with van der Waals surface area (Å²) in [5, 5.41) is 12.7. The number of aromatic carboxylic acids is 1. The number of nitrogens with one attached hydrogen (secondary N) is 1. The lowest BCUT2D eigenvalue weighted by atomic mass is 9.79. The van der Waals surface area contributed by atoms with E-state index in [0.717, 1.165) is 83.7 Å². The number of carbonyl (C=O) groups is 3. The quantitative estimate of drug-likeness (QED) is 0.180. The molecule has 2 N–H and O–H groups in total. The normalized spacial score (nSPS) is 16.9. The molecule has 1 aromatic heterocycles. The zero-order chi connectivity index (χ0) is 28.9. The van der Waals surface area contributed by atoms with E-state index in [1.807, 2.05) is 54.6 Å². The van der Waals surface area contributed by atoms with Crippen LogP contribution in [0.5, 0.6) is 0 Å². The van der Waals surface area contributed by atoms with Gasteiger partial charge in [-0.25, -0.2) is 9.78 Å². The highest BCUT2D eigenvalue weighted by molar-refractivity contribution is 9.10. The molecule has 5 rings (SSSR count). The Bertz CT molecular complexity index is 1580. The lowest BCUT2D eigenvalue weighted by Crippen LogP contribution is -2.32. The van der Waals surface area contributed by atoms with Gasteiger partial charge in [-0.05, 0) is 66.3 Å². The Hall–Kier alpha value is -3.78. The van der Waals surface area contributed by atoms with Crippen LogP contribution in [-0.2, 0) is 22.6 Å². The van der Waals surface area contributed by atoms with Crippen molar-refractivity contribution >= 4 is 50.8 Å². The molecule has 212 valence electrons. The first-order chi connectivity index (χ1) is 19.9. The van der Waals surface area contributed by atoms with Crippen molar-refractivity contribution in [3.63, 3.8) is 0 Å². The zero-order valence-electron chi connectivity index (χ0n) is 23.1. The second kappa shape index (κ2) is 12.8. The third kappa shape index (κ3) is 6.43. The number of halogens is 1. The highest BCUT2D eigenvalue weighted by atomic mass is 79.9. The number of imidazole rings is 1. The van der Waals surface area contributed by atoms with E-state index in [1.54, 1.807) is 6.07 Å². The van der Waals surface area contributed by atoms with Crippen LogP contribution in [0.1, 0.15) is 67.2 Å². The third-order valence-electron chi connectivity index (χ3n) is 8.00. The van der Waals surface area contributed by atoms with E-state index in [9.17, 15) is 19.5 Å². The van der Waals surface area contributed by atoms with Gasteiger partial charge < -0.3 is 19.8 Å². The van der Waals surface area contributed by atoms with Crippen molar-refractivity contribution in [3.8, 4) is 11.1 Å². The van der Waals surface area contributed by atoms with Gasteiger partial charge in [0.1, 0.15) is 12.1 Å². The molecule has 1 fully saturated rings. The molecule has 1 aliphatic carbocycles. The molecule has 1 amide bonds. The zero-order valence-corrected chi connectivity index (χ0v) is 24.7. The Labute approximate surface area is 248 Å². The fourth-order valence-corrected chi connectivity index (χ4v) is 6.11. The molecular weight excluding hydrogens is 582 g/mol. The molecule has 7 nitrogen and oxygen atoms in total. The predicted octanol–water partition coefficient (Wildman–Crippen LogP) is 7.50. The number of aryl methyl sites for hydroxylation is 1. The van der Waals surface area contributed by atoms with Gasteiger partial charge in [0.2, 0.25) is 5.91 Å². The molecule has 2 atom stereocenters. The number of hydrogen-bond acceptors (Lipinski definition) is 4. The minimum atomic E-state index is -0.969. The largest absolute Gasteiger partial charge is 0.478 e. The molecule has 0 bridgehead atoms. The number of aldehydes is 1.